The standard InChI is InChI=1S/C26H22ClNO5S/c1-2-3-10-31-21-9-8-16-6-4-5-7-18(16)19(21)12-24-25(29)28(26(30)34-24)14-17-11-22-23(13-20(17)27)33-15-32-22/h4-9,11-13H,2-3,10,14-15H2,1H3/b24-12-. The van der Waals surface area contributed by atoms with Crippen molar-refractivity contribution >= 4 is 51.4 Å². The number of hydrogen-bond acceptors (Lipinski definition) is 6. The van der Waals surface area contributed by atoms with Gasteiger partial charge in [-0.25, -0.2) is 0 Å². The number of nitrogens with zero attached hydrogens (tertiary/aromatic N) is 1. The minimum Gasteiger partial charge on any atom is -0.493 e. The van der Waals surface area contributed by atoms with E-state index in [0.717, 1.165) is 40.9 Å². The van der Waals surface area contributed by atoms with Crippen molar-refractivity contribution in [1.82, 2.24) is 4.90 Å². The Balaban J connectivity index is 1.47. The summed E-state index contributed by atoms with van der Waals surface area (Å²) in [6.07, 6.45) is 3.71. The molecule has 0 aliphatic carbocycles. The highest BCUT2D eigenvalue weighted by atomic mass is 35.5. The molecular weight excluding hydrogens is 474 g/mol. The molecule has 8 heteroatoms. The Morgan fingerprint density at radius 1 is 1.12 bits per heavy atom. The summed E-state index contributed by atoms with van der Waals surface area (Å²) in [6.45, 7) is 2.85. The lowest BCUT2D eigenvalue weighted by molar-refractivity contribution is -0.123. The monoisotopic (exact) mass is 495 g/mol. The number of benzene rings is 3. The smallest absolute Gasteiger partial charge is 0.293 e. The molecule has 0 N–H and O–H groups in total. The summed E-state index contributed by atoms with van der Waals surface area (Å²) in [5.74, 6) is 1.43. The van der Waals surface area contributed by atoms with Crippen molar-refractivity contribution in [3.05, 3.63) is 69.6 Å². The number of amides is 2. The molecule has 5 rings (SSSR count). The van der Waals surface area contributed by atoms with Crippen LogP contribution in [-0.4, -0.2) is 29.4 Å². The van der Waals surface area contributed by atoms with Crippen LogP contribution >= 0.6 is 23.4 Å². The van der Waals surface area contributed by atoms with Crippen LogP contribution in [0.4, 0.5) is 4.79 Å². The molecule has 2 aliphatic heterocycles. The predicted octanol–water partition coefficient (Wildman–Crippen LogP) is 6.64. The van der Waals surface area contributed by atoms with Crippen LogP contribution in [0.5, 0.6) is 17.2 Å². The number of carbonyl (C=O) groups excluding carboxylic acids is 2. The minimum absolute atomic E-state index is 0.0485. The predicted molar refractivity (Wildman–Crippen MR) is 133 cm³/mol. The van der Waals surface area contributed by atoms with E-state index >= 15 is 0 Å². The zero-order valence-corrected chi connectivity index (χ0v) is 20.1. The second-order valence-corrected chi connectivity index (χ2v) is 9.37. The number of unbranched alkanes of at least 4 members (excludes halogenated alkanes) is 1. The Morgan fingerprint density at radius 3 is 2.74 bits per heavy atom. The van der Waals surface area contributed by atoms with Crippen LogP contribution in [0.2, 0.25) is 5.02 Å². The summed E-state index contributed by atoms with van der Waals surface area (Å²) in [5.41, 5.74) is 1.41. The zero-order chi connectivity index (χ0) is 23.7. The van der Waals surface area contributed by atoms with Crippen LogP contribution < -0.4 is 14.2 Å². The minimum atomic E-state index is -0.365. The molecule has 3 aromatic rings. The summed E-state index contributed by atoms with van der Waals surface area (Å²) < 4.78 is 16.8. The Hall–Kier alpha value is -3.16. The third kappa shape index (κ3) is 4.33. The van der Waals surface area contributed by atoms with Crippen LogP contribution in [0.15, 0.2) is 53.4 Å². The molecule has 2 heterocycles. The van der Waals surface area contributed by atoms with E-state index in [4.69, 9.17) is 25.8 Å². The Labute approximate surface area is 206 Å². The molecule has 174 valence electrons. The lowest BCUT2D eigenvalue weighted by Gasteiger charge is -2.14. The fourth-order valence-corrected chi connectivity index (χ4v) is 4.93. The maximum Gasteiger partial charge on any atom is 0.293 e. The van der Waals surface area contributed by atoms with E-state index in [0.29, 0.717) is 39.3 Å². The van der Waals surface area contributed by atoms with Gasteiger partial charge >= 0.3 is 0 Å². The van der Waals surface area contributed by atoms with Crippen LogP contribution in [-0.2, 0) is 11.3 Å². The van der Waals surface area contributed by atoms with Gasteiger partial charge in [0.2, 0.25) is 6.79 Å². The van der Waals surface area contributed by atoms with Crippen molar-refractivity contribution in [2.75, 3.05) is 13.4 Å². The SMILES string of the molecule is CCCCOc1ccc2ccccc2c1/C=C1\SC(=O)N(Cc2cc3c(cc2Cl)OCO3)C1=O. The highest BCUT2D eigenvalue weighted by Crippen LogP contribution is 2.40. The number of ether oxygens (including phenoxy) is 3. The first-order valence-electron chi connectivity index (χ1n) is 11.0. The molecule has 0 spiro atoms. The summed E-state index contributed by atoms with van der Waals surface area (Å²) in [4.78, 5) is 27.6. The van der Waals surface area contributed by atoms with Gasteiger partial charge < -0.3 is 14.2 Å². The van der Waals surface area contributed by atoms with Gasteiger partial charge in [-0.05, 0) is 52.7 Å². The molecular formula is C26H22ClNO5S. The number of hydrogen-bond donors (Lipinski definition) is 0. The molecule has 0 saturated carbocycles. The molecule has 0 radical (unpaired) electrons. The second-order valence-electron chi connectivity index (χ2n) is 7.97. The summed E-state index contributed by atoms with van der Waals surface area (Å²) in [6, 6.07) is 15.2. The number of imide groups is 1. The largest absolute Gasteiger partial charge is 0.493 e. The molecule has 3 aromatic carbocycles. The average Bonchev–Trinajstić information content (AvgIpc) is 3.39. The molecule has 1 saturated heterocycles. The Bertz CT molecular complexity index is 1320. The molecule has 2 aliphatic rings. The normalized spacial score (nSPS) is 16.2. The van der Waals surface area contributed by atoms with Gasteiger partial charge in [0, 0.05) is 16.7 Å². The van der Waals surface area contributed by atoms with Crippen LogP contribution in [0.25, 0.3) is 16.8 Å². The highest BCUT2D eigenvalue weighted by Gasteiger charge is 2.36. The van der Waals surface area contributed by atoms with Gasteiger partial charge in [0.25, 0.3) is 11.1 Å². The van der Waals surface area contributed by atoms with Crippen LogP contribution in [0, 0.1) is 0 Å². The lowest BCUT2D eigenvalue weighted by Crippen LogP contribution is -2.27. The van der Waals surface area contributed by atoms with Crippen molar-refractivity contribution in [1.29, 1.82) is 0 Å². The molecule has 0 bridgehead atoms. The topological polar surface area (TPSA) is 65.1 Å². The molecule has 0 atom stereocenters. The quantitative estimate of drug-likeness (QED) is 0.270. The zero-order valence-electron chi connectivity index (χ0n) is 18.5. The molecule has 1 fully saturated rings. The lowest BCUT2D eigenvalue weighted by atomic mass is 10.0. The number of fused-ring (bicyclic) bond motifs is 2. The second kappa shape index (κ2) is 9.60. The van der Waals surface area contributed by atoms with E-state index in [1.807, 2.05) is 36.4 Å². The first kappa shape index (κ1) is 22.6. The van der Waals surface area contributed by atoms with E-state index in [9.17, 15) is 9.59 Å². The van der Waals surface area contributed by atoms with E-state index < -0.39 is 0 Å². The summed E-state index contributed by atoms with van der Waals surface area (Å²) in [7, 11) is 0. The first-order valence-corrected chi connectivity index (χ1v) is 12.2. The van der Waals surface area contributed by atoms with Crippen molar-refractivity contribution in [3.63, 3.8) is 0 Å². The molecule has 0 unspecified atom stereocenters. The average molecular weight is 496 g/mol. The van der Waals surface area contributed by atoms with E-state index in [2.05, 4.69) is 6.92 Å². The van der Waals surface area contributed by atoms with E-state index in [1.165, 1.54) is 4.90 Å². The van der Waals surface area contributed by atoms with Crippen molar-refractivity contribution in [2.24, 2.45) is 0 Å². The highest BCUT2D eigenvalue weighted by molar-refractivity contribution is 8.18. The third-order valence-electron chi connectivity index (χ3n) is 5.71. The third-order valence-corrected chi connectivity index (χ3v) is 6.96. The molecule has 6 nitrogen and oxygen atoms in total. The Morgan fingerprint density at radius 2 is 1.91 bits per heavy atom. The van der Waals surface area contributed by atoms with E-state index in [-0.39, 0.29) is 24.5 Å². The number of carbonyl (C=O) groups is 2. The fraction of sp³-hybridized carbons (Fsp3) is 0.231. The number of halogens is 1. The van der Waals surface area contributed by atoms with Crippen molar-refractivity contribution in [3.8, 4) is 17.2 Å². The van der Waals surface area contributed by atoms with Gasteiger partial charge in [-0.3, -0.25) is 14.5 Å². The first-order chi connectivity index (χ1) is 16.5. The van der Waals surface area contributed by atoms with Crippen LogP contribution in [0.3, 0.4) is 0 Å². The molecule has 2 amide bonds. The van der Waals surface area contributed by atoms with Gasteiger partial charge in [0.05, 0.1) is 18.1 Å². The van der Waals surface area contributed by atoms with Gasteiger partial charge in [-0.1, -0.05) is 55.3 Å². The van der Waals surface area contributed by atoms with E-state index in [1.54, 1.807) is 18.2 Å². The van der Waals surface area contributed by atoms with Crippen LogP contribution in [0.1, 0.15) is 30.9 Å². The summed E-state index contributed by atoms with van der Waals surface area (Å²) in [5, 5.41) is 2.05. The Kier molecular flexibility index (Phi) is 6.39. The van der Waals surface area contributed by atoms with Gasteiger partial charge in [0.15, 0.2) is 11.5 Å². The van der Waals surface area contributed by atoms with Gasteiger partial charge in [-0.2, -0.15) is 0 Å². The van der Waals surface area contributed by atoms with Gasteiger partial charge in [-0.15, -0.1) is 0 Å². The molecule has 34 heavy (non-hydrogen) atoms. The van der Waals surface area contributed by atoms with Crippen molar-refractivity contribution < 1.29 is 23.8 Å². The number of thioether (sulfide) groups is 1. The van der Waals surface area contributed by atoms with Gasteiger partial charge in [0.1, 0.15) is 5.75 Å². The maximum absolute atomic E-state index is 13.3. The fourth-order valence-electron chi connectivity index (χ4n) is 3.89. The molecule has 0 aromatic heterocycles. The van der Waals surface area contributed by atoms with Crippen molar-refractivity contribution in [2.45, 2.75) is 26.3 Å². The number of rotatable bonds is 7. The maximum atomic E-state index is 13.3. The summed E-state index contributed by atoms with van der Waals surface area (Å²) >= 11 is 7.29.